The van der Waals surface area contributed by atoms with Crippen LogP contribution in [0.15, 0.2) is 36.5 Å². The zero-order valence-electron chi connectivity index (χ0n) is 20.2. The second-order valence-electron chi connectivity index (χ2n) is 8.75. The monoisotopic (exact) mass is 514 g/mol. The van der Waals surface area contributed by atoms with E-state index in [1.165, 1.54) is 16.9 Å². The molecule has 4 rings (SSSR count). The summed E-state index contributed by atoms with van der Waals surface area (Å²) in [6.45, 7) is 4.71. The number of alkyl halides is 3. The Bertz CT molecular complexity index is 1290. The lowest BCUT2D eigenvalue weighted by atomic mass is 10.0. The van der Waals surface area contributed by atoms with E-state index in [1.807, 2.05) is 6.07 Å². The number of halogens is 3. The van der Waals surface area contributed by atoms with Gasteiger partial charge in [-0.2, -0.15) is 23.1 Å². The Kier molecular flexibility index (Phi) is 7.73. The van der Waals surface area contributed by atoms with Gasteiger partial charge in [-0.05, 0) is 62.9 Å². The predicted octanol–water partition coefficient (Wildman–Crippen LogP) is 4.16. The first-order valence-corrected chi connectivity index (χ1v) is 11.7. The van der Waals surface area contributed by atoms with Crippen LogP contribution in [0.25, 0.3) is 5.82 Å². The molecule has 1 N–H and O–H groups in total. The average Bonchev–Trinajstić information content (AvgIpc) is 3.29. The number of hydrogen-bond donors (Lipinski definition) is 1. The van der Waals surface area contributed by atoms with E-state index in [0.717, 1.165) is 25.0 Å². The molecular weight excluding hydrogens is 489 g/mol. The van der Waals surface area contributed by atoms with Crippen LogP contribution in [0.2, 0.25) is 0 Å². The van der Waals surface area contributed by atoms with Gasteiger partial charge in [0.2, 0.25) is 0 Å². The molecule has 3 heterocycles. The summed E-state index contributed by atoms with van der Waals surface area (Å²) in [5, 5.41) is 16.0. The lowest BCUT2D eigenvalue weighted by Crippen LogP contribution is -2.29. The second-order valence-corrected chi connectivity index (χ2v) is 8.75. The highest BCUT2D eigenvalue weighted by atomic mass is 19.4. The third-order valence-corrected chi connectivity index (χ3v) is 5.89. The quantitative estimate of drug-likeness (QED) is 0.504. The van der Waals surface area contributed by atoms with Crippen molar-refractivity contribution in [2.75, 3.05) is 19.8 Å². The molecule has 1 fully saturated rings. The highest BCUT2D eigenvalue weighted by Gasteiger charge is 2.32. The van der Waals surface area contributed by atoms with Crippen molar-refractivity contribution < 1.29 is 27.4 Å². The van der Waals surface area contributed by atoms with Crippen LogP contribution in [0, 0.1) is 24.2 Å². The highest BCUT2D eigenvalue weighted by molar-refractivity contribution is 5.95. The number of carbonyl (C=O) groups is 1. The van der Waals surface area contributed by atoms with Crippen LogP contribution in [0.4, 0.5) is 13.2 Å². The summed E-state index contributed by atoms with van der Waals surface area (Å²) >= 11 is 0. The third-order valence-electron chi connectivity index (χ3n) is 5.89. The van der Waals surface area contributed by atoms with E-state index < -0.39 is 23.7 Å². The van der Waals surface area contributed by atoms with Crippen molar-refractivity contribution in [3.05, 3.63) is 64.9 Å². The predicted molar refractivity (Wildman–Crippen MR) is 125 cm³/mol. The molecule has 1 amide bonds. The SMILES string of the molecule is Cc1nc([C@H](C)NC(=O)c2cc(OCC3CCOCC3)cc(C(F)(F)F)c2)n(-c2ccc(C#N)cn2)n1. The average molecular weight is 515 g/mol. The van der Waals surface area contributed by atoms with Crippen molar-refractivity contribution in [1.82, 2.24) is 25.1 Å². The van der Waals surface area contributed by atoms with Gasteiger partial charge in [0.15, 0.2) is 11.6 Å². The van der Waals surface area contributed by atoms with Crippen LogP contribution in [0.5, 0.6) is 5.75 Å². The minimum absolute atomic E-state index is 0.0279. The van der Waals surface area contributed by atoms with Gasteiger partial charge in [0.25, 0.3) is 5.91 Å². The Morgan fingerprint density at radius 3 is 2.70 bits per heavy atom. The first kappa shape index (κ1) is 26.1. The van der Waals surface area contributed by atoms with Crippen LogP contribution in [0.3, 0.4) is 0 Å². The lowest BCUT2D eigenvalue weighted by Gasteiger charge is -2.22. The number of aromatic nitrogens is 4. The summed E-state index contributed by atoms with van der Waals surface area (Å²) < 4.78 is 53.1. The molecule has 0 radical (unpaired) electrons. The molecule has 3 aromatic rings. The molecule has 194 valence electrons. The van der Waals surface area contributed by atoms with Gasteiger partial charge in [-0.3, -0.25) is 4.79 Å². The molecule has 2 aromatic heterocycles. The van der Waals surface area contributed by atoms with Crippen LogP contribution < -0.4 is 10.1 Å². The molecule has 1 atom stereocenters. The first-order valence-electron chi connectivity index (χ1n) is 11.7. The molecular formula is C25H25F3N6O3. The molecule has 37 heavy (non-hydrogen) atoms. The Balaban J connectivity index is 1.55. The number of hydrogen-bond acceptors (Lipinski definition) is 7. The second kappa shape index (κ2) is 11.0. The summed E-state index contributed by atoms with van der Waals surface area (Å²) in [5.41, 5.74) is -0.804. The molecule has 0 saturated carbocycles. The fraction of sp³-hybridized carbons (Fsp3) is 0.400. The molecule has 0 bridgehead atoms. The molecule has 9 nitrogen and oxygen atoms in total. The molecule has 0 aliphatic carbocycles. The minimum Gasteiger partial charge on any atom is -0.493 e. The Labute approximate surface area is 211 Å². The van der Waals surface area contributed by atoms with Gasteiger partial charge in [-0.1, -0.05) is 0 Å². The maximum atomic E-state index is 13.6. The van der Waals surface area contributed by atoms with Crippen molar-refractivity contribution >= 4 is 5.91 Å². The Hall–Kier alpha value is -3.98. The number of nitrogens with zero attached hydrogens (tertiary/aromatic N) is 5. The van der Waals surface area contributed by atoms with Gasteiger partial charge in [-0.15, -0.1) is 5.10 Å². The van der Waals surface area contributed by atoms with Gasteiger partial charge in [0, 0.05) is 25.0 Å². The Morgan fingerprint density at radius 2 is 2.05 bits per heavy atom. The number of nitrogens with one attached hydrogen (secondary N) is 1. The number of rotatable bonds is 7. The van der Waals surface area contributed by atoms with Crippen LogP contribution in [0.1, 0.15) is 58.9 Å². The number of nitriles is 1. The van der Waals surface area contributed by atoms with E-state index in [2.05, 4.69) is 20.4 Å². The summed E-state index contributed by atoms with van der Waals surface area (Å²) in [6.07, 6.45) is -1.75. The number of ether oxygens (including phenoxy) is 2. The van der Waals surface area contributed by atoms with Crippen molar-refractivity contribution in [2.45, 2.75) is 38.9 Å². The molecule has 1 aliphatic heterocycles. The van der Waals surface area contributed by atoms with E-state index in [-0.39, 0.29) is 23.8 Å². The maximum absolute atomic E-state index is 13.6. The first-order chi connectivity index (χ1) is 17.6. The van der Waals surface area contributed by atoms with Crippen LogP contribution in [-0.2, 0) is 10.9 Å². The molecule has 12 heteroatoms. The molecule has 1 aliphatic rings. The van der Waals surface area contributed by atoms with Crippen molar-refractivity contribution in [1.29, 1.82) is 5.26 Å². The van der Waals surface area contributed by atoms with Gasteiger partial charge in [0.05, 0.1) is 23.8 Å². The Morgan fingerprint density at radius 1 is 1.30 bits per heavy atom. The van der Waals surface area contributed by atoms with Gasteiger partial charge in [0.1, 0.15) is 17.6 Å². The van der Waals surface area contributed by atoms with E-state index in [0.29, 0.717) is 36.2 Å². The molecule has 1 saturated heterocycles. The standard InChI is InChI=1S/C25H25F3N6O3/c1-15(23-32-16(2)33-34(23)22-4-3-18(12-29)13-30-22)31-24(35)19-9-20(25(26,27)28)11-21(10-19)37-14-17-5-7-36-8-6-17/h3-4,9-11,13,15,17H,5-8,14H2,1-2H3,(H,31,35)/t15-/m0/s1. The van der Waals surface area contributed by atoms with E-state index in [4.69, 9.17) is 14.7 Å². The van der Waals surface area contributed by atoms with E-state index in [9.17, 15) is 18.0 Å². The number of amides is 1. The summed E-state index contributed by atoms with van der Waals surface area (Å²) in [4.78, 5) is 21.6. The number of pyridine rings is 1. The van der Waals surface area contributed by atoms with Crippen molar-refractivity contribution in [2.24, 2.45) is 5.92 Å². The summed E-state index contributed by atoms with van der Waals surface area (Å²) in [7, 11) is 0. The normalized spacial score (nSPS) is 15.1. The maximum Gasteiger partial charge on any atom is 0.416 e. The summed E-state index contributed by atoms with van der Waals surface area (Å²) in [5.74, 6) is 0.523. The van der Waals surface area contributed by atoms with Gasteiger partial charge in [-0.25, -0.2) is 9.97 Å². The zero-order chi connectivity index (χ0) is 26.6. The lowest BCUT2D eigenvalue weighted by molar-refractivity contribution is -0.137. The van der Waals surface area contributed by atoms with Crippen molar-refractivity contribution in [3.63, 3.8) is 0 Å². The summed E-state index contributed by atoms with van der Waals surface area (Å²) in [6, 6.07) is 7.39. The fourth-order valence-corrected chi connectivity index (χ4v) is 3.91. The number of carbonyl (C=O) groups excluding carboxylic acids is 1. The number of benzene rings is 1. The molecule has 1 aromatic carbocycles. The van der Waals surface area contributed by atoms with Gasteiger partial charge < -0.3 is 14.8 Å². The molecule has 0 spiro atoms. The zero-order valence-corrected chi connectivity index (χ0v) is 20.2. The highest BCUT2D eigenvalue weighted by Crippen LogP contribution is 2.33. The van der Waals surface area contributed by atoms with Crippen LogP contribution >= 0.6 is 0 Å². The smallest absolute Gasteiger partial charge is 0.416 e. The fourth-order valence-electron chi connectivity index (χ4n) is 3.91. The van der Waals surface area contributed by atoms with E-state index >= 15 is 0 Å². The van der Waals surface area contributed by atoms with Gasteiger partial charge >= 0.3 is 6.18 Å². The third kappa shape index (κ3) is 6.42. The number of aryl methyl sites for hydroxylation is 1. The van der Waals surface area contributed by atoms with Crippen molar-refractivity contribution in [3.8, 4) is 17.6 Å². The topological polar surface area (TPSA) is 115 Å². The largest absolute Gasteiger partial charge is 0.493 e. The molecule has 0 unspecified atom stereocenters. The van der Waals surface area contributed by atoms with E-state index in [1.54, 1.807) is 26.0 Å². The minimum atomic E-state index is -4.66. The van der Waals surface area contributed by atoms with Crippen LogP contribution in [-0.4, -0.2) is 45.5 Å².